The molecule has 0 aromatic heterocycles. The van der Waals surface area contributed by atoms with Crippen LogP contribution in [0.5, 0.6) is 0 Å². The van der Waals surface area contributed by atoms with Gasteiger partial charge in [-0.25, -0.2) is 0 Å². The summed E-state index contributed by atoms with van der Waals surface area (Å²) in [7, 11) is 0. The van der Waals surface area contributed by atoms with Gasteiger partial charge in [-0.1, -0.05) is 0 Å². The standard InChI is InChI=1S/C12H18N2O4/c1-7(2)14-9(15)6-8(10(14)16)13-12(11(17)18)4-3-5-12/h7-8,13H,3-6H2,1-2H3,(H,17,18). The molecular weight excluding hydrogens is 236 g/mol. The molecule has 2 aliphatic rings. The number of aliphatic carboxylic acids is 1. The summed E-state index contributed by atoms with van der Waals surface area (Å²) in [4.78, 5) is 36.2. The fourth-order valence-corrected chi connectivity index (χ4v) is 2.59. The number of amides is 2. The summed E-state index contributed by atoms with van der Waals surface area (Å²) in [5, 5.41) is 12.1. The predicted octanol–water partition coefficient (Wildman–Crippen LogP) is 0.119. The molecule has 0 bridgehead atoms. The number of rotatable bonds is 4. The molecule has 1 heterocycles. The van der Waals surface area contributed by atoms with E-state index in [9.17, 15) is 19.5 Å². The summed E-state index contributed by atoms with van der Waals surface area (Å²) in [5.41, 5.74) is -1.01. The van der Waals surface area contributed by atoms with Crippen LogP contribution < -0.4 is 5.32 Å². The number of imide groups is 1. The lowest BCUT2D eigenvalue weighted by molar-refractivity contribution is -0.149. The van der Waals surface area contributed by atoms with Crippen molar-refractivity contribution in [1.29, 1.82) is 0 Å². The fraction of sp³-hybridized carbons (Fsp3) is 0.750. The number of carbonyl (C=O) groups excluding carboxylic acids is 2. The number of nitrogens with one attached hydrogen (secondary N) is 1. The van der Waals surface area contributed by atoms with Crippen LogP contribution in [0, 0.1) is 0 Å². The highest BCUT2D eigenvalue weighted by Crippen LogP contribution is 2.33. The highest BCUT2D eigenvalue weighted by Gasteiger charge is 2.50. The minimum Gasteiger partial charge on any atom is -0.480 e. The van der Waals surface area contributed by atoms with E-state index < -0.39 is 17.6 Å². The second kappa shape index (κ2) is 4.35. The second-order valence-electron chi connectivity index (χ2n) is 5.34. The van der Waals surface area contributed by atoms with E-state index in [0.29, 0.717) is 12.8 Å². The third kappa shape index (κ3) is 1.90. The van der Waals surface area contributed by atoms with Gasteiger partial charge in [0.2, 0.25) is 11.8 Å². The number of hydrogen-bond acceptors (Lipinski definition) is 4. The topological polar surface area (TPSA) is 86.7 Å². The van der Waals surface area contributed by atoms with Crippen LogP contribution in [-0.4, -0.2) is 45.4 Å². The molecule has 0 aromatic carbocycles. The van der Waals surface area contributed by atoms with Crippen LogP contribution in [0.1, 0.15) is 39.5 Å². The molecule has 2 N–H and O–H groups in total. The molecule has 18 heavy (non-hydrogen) atoms. The summed E-state index contributed by atoms with van der Waals surface area (Å²) in [6.07, 6.45) is 1.93. The first-order chi connectivity index (χ1) is 8.37. The van der Waals surface area contributed by atoms with Gasteiger partial charge in [-0.3, -0.25) is 24.6 Å². The Labute approximate surface area is 105 Å². The SMILES string of the molecule is CC(C)N1C(=O)CC(NC2(C(=O)O)CCC2)C1=O. The number of likely N-dealkylation sites (tertiary alicyclic amines) is 1. The van der Waals surface area contributed by atoms with Crippen molar-refractivity contribution in [2.45, 2.75) is 57.2 Å². The Morgan fingerprint density at radius 1 is 1.44 bits per heavy atom. The summed E-state index contributed by atoms with van der Waals surface area (Å²) in [6, 6.07) is -0.865. The van der Waals surface area contributed by atoms with Crippen LogP contribution in [-0.2, 0) is 14.4 Å². The van der Waals surface area contributed by atoms with Gasteiger partial charge in [-0.2, -0.15) is 0 Å². The Balaban J connectivity index is 2.10. The van der Waals surface area contributed by atoms with E-state index in [1.807, 2.05) is 0 Å². The van der Waals surface area contributed by atoms with Crippen molar-refractivity contribution in [3.63, 3.8) is 0 Å². The van der Waals surface area contributed by atoms with Crippen LogP contribution >= 0.6 is 0 Å². The van der Waals surface area contributed by atoms with E-state index in [1.165, 1.54) is 4.90 Å². The molecule has 1 aliphatic heterocycles. The molecule has 6 nitrogen and oxygen atoms in total. The second-order valence-corrected chi connectivity index (χ2v) is 5.34. The Hall–Kier alpha value is -1.43. The van der Waals surface area contributed by atoms with Crippen molar-refractivity contribution >= 4 is 17.8 Å². The van der Waals surface area contributed by atoms with Crippen molar-refractivity contribution in [2.75, 3.05) is 0 Å². The molecule has 6 heteroatoms. The van der Waals surface area contributed by atoms with E-state index in [-0.39, 0.29) is 24.3 Å². The van der Waals surface area contributed by atoms with E-state index in [0.717, 1.165) is 6.42 Å². The van der Waals surface area contributed by atoms with Crippen molar-refractivity contribution in [1.82, 2.24) is 10.2 Å². The molecule has 1 saturated carbocycles. The van der Waals surface area contributed by atoms with Crippen LogP contribution in [0.2, 0.25) is 0 Å². The zero-order chi connectivity index (χ0) is 13.5. The molecule has 1 aliphatic carbocycles. The number of hydrogen-bond donors (Lipinski definition) is 2. The Morgan fingerprint density at radius 2 is 2.06 bits per heavy atom. The first-order valence-corrected chi connectivity index (χ1v) is 6.24. The highest BCUT2D eigenvalue weighted by molar-refractivity contribution is 6.06. The lowest BCUT2D eigenvalue weighted by Crippen LogP contribution is -2.61. The summed E-state index contributed by atoms with van der Waals surface area (Å²) < 4.78 is 0. The first-order valence-electron chi connectivity index (χ1n) is 6.24. The van der Waals surface area contributed by atoms with E-state index >= 15 is 0 Å². The minimum absolute atomic E-state index is 0.0616. The molecule has 2 rings (SSSR count). The zero-order valence-electron chi connectivity index (χ0n) is 10.6. The Morgan fingerprint density at radius 3 is 2.39 bits per heavy atom. The number of nitrogens with zero attached hydrogens (tertiary/aromatic N) is 1. The molecule has 100 valence electrons. The smallest absolute Gasteiger partial charge is 0.323 e. The molecular formula is C12H18N2O4. The molecule has 0 radical (unpaired) electrons. The van der Waals surface area contributed by atoms with Crippen molar-refractivity contribution in [2.24, 2.45) is 0 Å². The Bertz CT molecular complexity index is 401. The molecule has 2 amide bonds. The normalized spacial score (nSPS) is 26.6. The minimum atomic E-state index is -1.01. The molecule has 1 saturated heterocycles. The summed E-state index contributed by atoms with van der Waals surface area (Å²) in [6.45, 7) is 3.54. The van der Waals surface area contributed by atoms with Crippen LogP contribution in [0.15, 0.2) is 0 Å². The van der Waals surface area contributed by atoms with E-state index in [4.69, 9.17) is 0 Å². The quantitative estimate of drug-likeness (QED) is 0.696. The largest absolute Gasteiger partial charge is 0.480 e. The molecule has 0 aromatic rings. The number of carboxylic acid groups (broad SMARTS) is 1. The fourth-order valence-electron chi connectivity index (χ4n) is 2.59. The number of carbonyl (C=O) groups is 3. The highest BCUT2D eigenvalue weighted by atomic mass is 16.4. The first kappa shape index (κ1) is 13.0. The van der Waals surface area contributed by atoms with Gasteiger partial charge in [0.05, 0.1) is 12.5 Å². The summed E-state index contributed by atoms with van der Waals surface area (Å²) >= 11 is 0. The maximum atomic E-state index is 12.0. The molecule has 1 unspecified atom stereocenters. The van der Waals surface area contributed by atoms with Crippen molar-refractivity contribution < 1.29 is 19.5 Å². The van der Waals surface area contributed by atoms with E-state index in [2.05, 4.69) is 5.32 Å². The van der Waals surface area contributed by atoms with Crippen LogP contribution in [0.25, 0.3) is 0 Å². The van der Waals surface area contributed by atoms with Gasteiger partial charge in [-0.15, -0.1) is 0 Å². The van der Waals surface area contributed by atoms with Gasteiger partial charge < -0.3 is 5.11 Å². The van der Waals surface area contributed by atoms with Gasteiger partial charge in [0, 0.05) is 6.04 Å². The van der Waals surface area contributed by atoms with Gasteiger partial charge in [0.1, 0.15) is 5.54 Å². The maximum Gasteiger partial charge on any atom is 0.323 e. The average Bonchev–Trinajstić information content (AvgIpc) is 2.46. The Kier molecular flexibility index (Phi) is 3.14. The van der Waals surface area contributed by atoms with E-state index in [1.54, 1.807) is 13.8 Å². The average molecular weight is 254 g/mol. The van der Waals surface area contributed by atoms with Crippen molar-refractivity contribution in [3.8, 4) is 0 Å². The molecule has 0 spiro atoms. The van der Waals surface area contributed by atoms with Gasteiger partial charge >= 0.3 is 5.97 Å². The third-order valence-corrected chi connectivity index (χ3v) is 3.77. The lowest BCUT2D eigenvalue weighted by atomic mass is 9.76. The zero-order valence-corrected chi connectivity index (χ0v) is 10.6. The van der Waals surface area contributed by atoms with Gasteiger partial charge in [-0.05, 0) is 33.1 Å². The number of carboxylic acids is 1. The van der Waals surface area contributed by atoms with Gasteiger partial charge in [0.15, 0.2) is 0 Å². The molecule has 1 atom stereocenters. The summed E-state index contributed by atoms with van der Waals surface area (Å²) in [5.74, 6) is -1.47. The predicted molar refractivity (Wildman–Crippen MR) is 62.7 cm³/mol. The van der Waals surface area contributed by atoms with Crippen LogP contribution in [0.3, 0.4) is 0 Å². The third-order valence-electron chi connectivity index (χ3n) is 3.77. The lowest BCUT2D eigenvalue weighted by Gasteiger charge is -2.40. The monoisotopic (exact) mass is 254 g/mol. The maximum absolute atomic E-state index is 12.0. The van der Waals surface area contributed by atoms with Crippen molar-refractivity contribution in [3.05, 3.63) is 0 Å². The molecule has 2 fully saturated rings. The van der Waals surface area contributed by atoms with Gasteiger partial charge in [0.25, 0.3) is 0 Å². The van der Waals surface area contributed by atoms with Crippen LogP contribution in [0.4, 0.5) is 0 Å².